The number of aryl methyl sites for hydroxylation is 1. The van der Waals surface area contributed by atoms with Gasteiger partial charge in [0.05, 0.1) is 5.69 Å². The normalized spacial score (nSPS) is 9.88. The summed E-state index contributed by atoms with van der Waals surface area (Å²) in [6.07, 6.45) is 5.34. The second-order valence-corrected chi connectivity index (χ2v) is 7.01. The zero-order valence-corrected chi connectivity index (χ0v) is 20.3. The molecule has 33 heavy (non-hydrogen) atoms. The van der Waals surface area contributed by atoms with Gasteiger partial charge < -0.3 is 9.97 Å². The minimum absolute atomic E-state index is 0. The van der Waals surface area contributed by atoms with Crippen LogP contribution in [0.3, 0.4) is 0 Å². The molecule has 0 aliphatic carbocycles. The van der Waals surface area contributed by atoms with Gasteiger partial charge in [-0.25, -0.2) is 0 Å². The van der Waals surface area contributed by atoms with E-state index >= 15 is 0 Å². The molecule has 3 heterocycles. The molecule has 0 saturated heterocycles. The molecule has 0 saturated carbocycles. The molecule has 165 valence electrons. The van der Waals surface area contributed by atoms with Crippen LogP contribution in [0.15, 0.2) is 104 Å². The summed E-state index contributed by atoms with van der Waals surface area (Å²) in [6, 6.07) is 31.9. The molecule has 3 aromatic heterocycles. The van der Waals surface area contributed by atoms with E-state index in [2.05, 4.69) is 27.1 Å². The van der Waals surface area contributed by atoms with Gasteiger partial charge in [0, 0.05) is 50.1 Å². The topological polar surface area (TPSA) is 38.7 Å². The molecule has 5 heteroatoms. The Balaban J connectivity index is 0.000000202. The molecule has 5 aromatic rings. The Morgan fingerprint density at radius 1 is 0.697 bits per heavy atom. The fraction of sp³-hybridized carbons (Fsp3) is 0.0357. The maximum absolute atomic E-state index is 12.9. The van der Waals surface area contributed by atoms with Gasteiger partial charge in [0.15, 0.2) is 0 Å². The van der Waals surface area contributed by atoms with Crippen molar-refractivity contribution >= 4 is 0 Å². The van der Waals surface area contributed by atoms with E-state index in [9.17, 15) is 4.39 Å². The van der Waals surface area contributed by atoms with Crippen molar-refractivity contribution < 1.29 is 24.5 Å². The summed E-state index contributed by atoms with van der Waals surface area (Å²) < 4.78 is 12.9. The Labute approximate surface area is 206 Å². The molecule has 0 unspecified atom stereocenters. The van der Waals surface area contributed by atoms with Gasteiger partial charge in [0.25, 0.3) is 0 Å². The summed E-state index contributed by atoms with van der Waals surface area (Å²) in [7, 11) is 0. The smallest absolute Gasteiger partial charge is 0.0719 e. The predicted molar refractivity (Wildman–Crippen MR) is 125 cm³/mol. The van der Waals surface area contributed by atoms with E-state index in [-0.39, 0.29) is 25.9 Å². The van der Waals surface area contributed by atoms with Gasteiger partial charge in [0.1, 0.15) is 0 Å². The number of pyridine rings is 3. The van der Waals surface area contributed by atoms with Gasteiger partial charge in [0.2, 0.25) is 0 Å². The summed E-state index contributed by atoms with van der Waals surface area (Å²) >= 11 is 0. The molecule has 0 aliphatic rings. The van der Waals surface area contributed by atoms with E-state index < -0.39 is 0 Å². The van der Waals surface area contributed by atoms with Crippen LogP contribution in [-0.2, 0) is 20.1 Å². The van der Waals surface area contributed by atoms with Gasteiger partial charge in [-0.1, -0.05) is 24.3 Å². The van der Waals surface area contributed by atoms with E-state index in [1.165, 1.54) is 12.1 Å². The Bertz CT molecular complexity index is 1230. The molecule has 0 spiro atoms. The van der Waals surface area contributed by atoms with Crippen LogP contribution >= 0.6 is 0 Å². The van der Waals surface area contributed by atoms with Crippen LogP contribution in [0.2, 0.25) is 0 Å². The van der Waals surface area contributed by atoms with Crippen molar-refractivity contribution in [2.75, 3.05) is 0 Å². The Kier molecular flexibility index (Phi) is 8.70. The number of halogens is 1. The second-order valence-electron chi connectivity index (χ2n) is 7.01. The first-order valence-corrected chi connectivity index (χ1v) is 10.1. The molecule has 1 radical (unpaired) electrons. The largest absolute Gasteiger partial charge is 0.305 e. The first kappa shape index (κ1) is 24.1. The van der Waals surface area contributed by atoms with Crippen LogP contribution in [0.25, 0.3) is 33.8 Å². The first-order valence-electron chi connectivity index (χ1n) is 10.1. The molecule has 3 nitrogen and oxygen atoms in total. The van der Waals surface area contributed by atoms with Crippen molar-refractivity contribution in [3.63, 3.8) is 0 Å². The molecule has 0 atom stereocenters. The van der Waals surface area contributed by atoms with E-state index in [4.69, 9.17) is 0 Å². The molecule has 2 aromatic carbocycles. The average Bonchev–Trinajstić information content (AvgIpc) is 2.86. The van der Waals surface area contributed by atoms with Gasteiger partial charge in [-0.05, 0) is 42.1 Å². The molecule has 0 N–H and O–H groups in total. The van der Waals surface area contributed by atoms with Crippen molar-refractivity contribution in [1.82, 2.24) is 15.0 Å². The maximum atomic E-state index is 12.9. The Morgan fingerprint density at radius 2 is 1.39 bits per heavy atom. The fourth-order valence-electron chi connectivity index (χ4n) is 3.13. The van der Waals surface area contributed by atoms with Gasteiger partial charge >= 0.3 is 0 Å². The molecule has 5 rings (SSSR count). The molecule has 0 bridgehead atoms. The van der Waals surface area contributed by atoms with E-state index in [0.29, 0.717) is 0 Å². The molecular weight excluding hydrogens is 590 g/mol. The zero-order valence-electron chi connectivity index (χ0n) is 17.9. The second kappa shape index (κ2) is 11.9. The summed E-state index contributed by atoms with van der Waals surface area (Å²) in [5.74, 6) is -0.296. The maximum Gasteiger partial charge on any atom is 0.0719 e. The van der Waals surface area contributed by atoms with Crippen LogP contribution in [0, 0.1) is 24.9 Å². The Hall–Kier alpha value is -3.53. The van der Waals surface area contributed by atoms with Gasteiger partial charge in [-0.3, -0.25) is 9.37 Å². The number of rotatable bonds is 3. The van der Waals surface area contributed by atoms with Crippen molar-refractivity contribution in [3.8, 4) is 33.8 Å². The van der Waals surface area contributed by atoms with Crippen molar-refractivity contribution in [2.24, 2.45) is 0 Å². The standard InChI is InChI=1S/C17H12FN2.C11H8N.Ir/c1-12-10-17(13-5-7-14(18)8-6-13)20-11-15(12)16-4-2-3-9-19-16;1-2-6-10(7-3-1)11-8-4-5-9-12-11;/h2-5,7-11H,1H3;1-6,8-9H;/q2*-1;. The van der Waals surface area contributed by atoms with Crippen LogP contribution < -0.4 is 0 Å². The number of aromatic nitrogens is 3. The average molecular weight is 610 g/mol. The van der Waals surface area contributed by atoms with Gasteiger partial charge in [-0.2, -0.15) is 0 Å². The number of nitrogens with zero attached hydrogens (tertiary/aromatic N) is 3. The summed E-state index contributed by atoms with van der Waals surface area (Å²) in [5.41, 5.74) is 6.54. The minimum Gasteiger partial charge on any atom is -0.305 e. The summed E-state index contributed by atoms with van der Waals surface area (Å²) in [6.45, 7) is 2.01. The summed E-state index contributed by atoms with van der Waals surface area (Å²) in [5, 5.41) is 0. The van der Waals surface area contributed by atoms with Crippen LogP contribution in [0.5, 0.6) is 0 Å². The SMILES string of the molecule is Cc1cc(-c2[c-]cc(F)cc2)ncc1-c1ccccn1.[Ir].[c-]1ccccc1-c1ccccn1. The third-order valence-electron chi connectivity index (χ3n) is 4.75. The van der Waals surface area contributed by atoms with Crippen LogP contribution in [0.1, 0.15) is 5.56 Å². The quantitative estimate of drug-likeness (QED) is 0.216. The fourth-order valence-corrected chi connectivity index (χ4v) is 3.13. The molecule has 0 aliphatic heterocycles. The molecule has 0 amide bonds. The Morgan fingerprint density at radius 3 is 1.97 bits per heavy atom. The van der Waals surface area contributed by atoms with E-state index in [1.807, 2.05) is 73.7 Å². The van der Waals surface area contributed by atoms with E-state index in [0.717, 1.165) is 39.3 Å². The number of hydrogen-bond acceptors (Lipinski definition) is 3. The van der Waals surface area contributed by atoms with Crippen LogP contribution in [0.4, 0.5) is 4.39 Å². The molecule has 0 fully saturated rings. The van der Waals surface area contributed by atoms with Crippen LogP contribution in [-0.4, -0.2) is 15.0 Å². The molecular formula is C28H20FIrN3-2. The van der Waals surface area contributed by atoms with Crippen molar-refractivity contribution in [2.45, 2.75) is 6.92 Å². The number of benzene rings is 2. The van der Waals surface area contributed by atoms with Crippen molar-refractivity contribution in [1.29, 1.82) is 0 Å². The zero-order chi connectivity index (χ0) is 22.2. The van der Waals surface area contributed by atoms with Gasteiger partial charge in [-0.15, -0.1) is 65.7 Å². The third kappa shape index (κ3) is 6.48. The first-order chi connectivity index (χ1) is 15.7. The monoisotopic (exact) mass is 610 g/mol. The minimum atomic E-state index is -0.296. The summed E-state index contributed by atoms with van der Waals surface area (Å²) in [4.78, 5) is 13.0. The number of hydrogen-bond donors (Lipinski definition) is 0. The third-order valence-corrected chi connectivity index (χ3v) is 4.75. The van der Waals surface area contributed by atoms with E-state index in [1.54, 1.807) is 24.7 Å². The predicted octanol–water partition coefficient (Wildman–Crippen LogP) is 6.60. The van der Waals surface area contributed by atoms with Crippen molar-refractivity contribution in [3.05, 3.63) is 127 Å².